The summed E-state index contributed by atoms with van der Waals surface area (Å²) >= 11 is 0. The number of phenolic OH excluding ortho intramolecular Hbond substituents is 1. The average molecular weight is 341 g/mol. The maximum Gasteiger partial charge on any atom is 0.143 e. The van der Waals surface area contributed by atoms with Crippen molar-refractivity contribution in [1.29, 1.82) is 0 Å². The zero-order valence-electron chi connectivity index (χ0n) is 12.7. The summed E-state index contributed by atoms with van der Waals surface area (Å²) in [5.41, 5.74) is 1.23. The molecular weight excluding hydrogens is 328 g/mol. The molecule has 0 aliphatic carbocycles. The molecule has 0 amide bonds. The van der Waals surface area contributed by atoms with Crippen molar-refractivity contribution in [2.24, 2.45) is 10.2 Å². The second-order valence-electron chi connectivity index (χ2n) is 5.26. The number of hydrogen-bond donors (Lipinski definition) is 1. The minimum atomic E-state index is -4.51. The molecule has 3 aromatic carbocycles. The Labute approximate surface area is 138 Å². The number of benzene rings is 3. The van der Waals surface area contributed by atoms with Crippen LogP contribution < -0.4 is 0 Å². The number of aromatic hydroxyl groups is 1. The summed E-state index contributed by atoms with van der Waals surface area (Å²) in [6.45, 7) is 1.63. The third-order valence-corrected chi connectivity index (χ3v) is 4.43. The van der Waals surface area contributed by atoms with E-state index in [0.717, 1.165) is 10.8 Å². The Balaban J connectivity index is 2.05. The molecule has 3 rings (SSSR count). The number of hydrogen-bond acceptors (Lipinski definition) is 6. The number of fused-ring (bicyclic) bond motifs is 1. The Morgan fingerprint density at radius 1 is 1.00 bits per heavy atom. The van der Waals surface area contributed by atoms with Gasteiger partial charge in [-0.3, -0.25) is 0 Å². The van der Waals surface area contributed by atoms with Crippen molar-refractivity contribution >= 4 is 32.3 Å². The molecule has 0 fully saturated rings. The van der Waals surface area contributed by atoms with Crippen LogP contribution in [-0.4, -0.2) is 18.1 Å². The highest BCUT2D eigenvalue weighted by atomic mass is 32.2. The van der Waals surface area contributed by atoms with E-state index < -0.39 is 10.1 Å². The van der Waals surface area contributed by atoms with E-state index >= 15 is 0 Å². The molecule has 0 atom stereocenters. The molecule has 3 aromatic rings. The minimum Gasteiger partial charge on any atom is -0.744 e. The Bertz CT molecular complexity index is 1060. The first-order valence-corrected chi connectivity index (χ1v) is 8.46. The van der Waals surface area contributed by atoms with Crippen molar-refractivity contribution in [3.8, 4) is 5.75 Å². The van der Waals surface area contributed by atoms with E-state index in [9.17, 15) is 18.1 Å². The Hall–Kier alpha value is -2.77. The zero-order chi connectivity index (χ0) is 17.3. The van der Waals surface area contributed by atoms with Gasteiger partial charge >= 0.3 is 0 Å². The third-order valence-electron chi connectivity index (χ3n) is 3.59. The van der Waals surface area contributed by atoms with Gasteiger partial charge in [0.15, 0.2) is 0 Å². The molecule has 0 aliphatic rings. The molecule has 0 spiro atoms. The van der Waals surface area contributed by atoms with E-state index in [-0.39, 0.29) is 10.6 Å². The van der Waals surface area contributed by atoms with Gasteiger partial charge in [-0.05, 0) is 42.1 Å². The molecular formula is C17H13N2O4S-. The van der Waals surface area contributed by atoms with Gasteiger partial charge in [0.1, 0.15) is 21.6 Å². The topological polar surface area (TPSA) is 102 Å². The Morgan fingerprint density at radius 3 is 2.46 bits per heavy atom. The molecule has 0 aromatic heterocycles. The fourth-order valence-corrected chi connectivity index (χ4v) is 2.90. The fourth-order valence-electron chi connectivity index (χ4n) is 2.35. The van der Waals surface area contributed by atoms with Crippen LogP contribution in [0.15, 0.2) is 69.7 Å². The summed E-state index contributed by atoms with van der Waals surface area (Å²) in [7, 11) is -4.51. The summed E-state index contributed by atoms with van der Waals surface area (Å²) < 4.78 is 33.1. The lowest BCUT2D eigenvalue weighted by Crippen LogP contribution is -1.98. The number of phenols is 1. The zero-order valence-corrected chi connectivity index (χ0v) is 13.5. The first kappa shape index (κ1) is 16.1. The lowest BCUT2D eigenvalue weighted by molar-refractivity contribution is 0.463. The van der Waals surface area contributed by atoms with Crippen LogP contribution in [0.3, 0.4) is 0 Å². The molecule has 6 nitrogen and oxygen atoms in total. The van der Waals surface area contributed by atoms with Crippen molar-refractivity contribution in [3.05, 3.63) is 60.2 Å². The van der Waals surface area contributed by atoms with Gasteiger partial charge in [0.25, 0.3) is 0 Å². The van der Waals surface area contributed by atoms with Gasteiger partial charge in [-0.1, -0.05) is 30.3 Å². The summed E-state index contributed by atoms with van der Waals surface area (Å²) in [6.07, 6.45) is 0. The van der Waals surface area contributed by atoms with Gasteiger partial charge in [0.05, 0.1) is 10.6 Å². The molecule has 0 saturated heterocycles. The summed E-state index contributed by atoms with van der Waals surface area (Å²) in [4.78, 5) is -0.313. The molecule has 1 N–H and O–H groups in total. The predicted octanol–water partition coefficient (Wildman–Crippen LogP) is 4.17. The van der Waals surface area contributed by atoms with Gasteiger partial charge in [-0.2, -0.15) is 5.11 Å². The maximum absolute atomic E-state index is 11.0. The molecule has 0 unspecified atom stereocenters. The van der Waals surface area contributed by atoms with Crippen molar-refractivity contribution < 1.29 is 18.1 Å². The fraction of sp³-hybridized carbons (Fsp3) is 0.0588. The number of nitrogens with zero attached hydrogens (tertiary/aromatic N) is 2. The third kappa shape index (κ3) is 3.12. The summed E-state index contributed by atoms with van der Waals surface area (Å²) in [5, 5.41) is 19.9. The van der Waals surface area contributed by atoms with Gasteiger partial charge in [0, 0.05) is 5.39 Å². The molecule has 0 radical (unpaired) electrons. The standard InChI is InChI=1S/C17H14N2O4S/c1-11-10-13(24(21,22)23)7-8-15(11)18-19-17-14-5-3-2-4-12(14)6-9-16(17)20/h2-10,20H,1H3,(H,21,22,23)/p-1. The molecule has 0 aliphatic heterocycles. The van der Waals surface area contributed by atoms with Crippen LogP contribution in [0.1, 0.15) is 5.56 Å². The molecule has 122 valence electrons. The Morgan fingerprint density at radius 2 is 1.75 bits per heavy atom. The van der Waals surface area contributed by atoms with Crippen LogP contribution in [0.25, 0.3) is 10.8 Å². The summed E-state index contributed by atoms with van der Waals surface area (Å²) in [6, 6.07) is 14.6. The number of aryl methyl sites for hydroxylation is 1. The van der Waals surface area contributed by atoms with Crippen molar-refractivity contribution in [3.63, 3.8) is 0 Å². The molecule has 7 heteroatoms. The molecule has 24 heavy (non-hydrogen) atoms. The highest BCUT2D eigenvalue weighted by Gasteiger charge is 2.07. The minimum absolute atomic E-state index is 0.00569. The molecule has 0 bridgehead atoms. The van der Waals surface area contributed by atoms with Crippen molar-refractivity contribution in [2.45, 2.75) is 11.8 Å². The second kappa shape index (κ2) is 6.03. The van der Waals surface area contributed by atoms with E-state index in [2.05, 4.69) is 10.2 Å². The smallest absolute Gasteiger partial charge is 0.143 e. The van der Waals surface area contributed by atoms with Crippen LogP contribution in [0.2, 0.25) is 0 Å². The molecule has 0 saturated carbocycles. The highest BCUT2D eigenvalue weighted by Crippen LogP contribution is 2.36. The number of rotatable bonds is 3. The van der Waals surface area contributed by atoms with Crippen molar-refractivity contribution in [2.75, 3.05) is 0 Å². The van der Waals surface area contributed by atoms with Crippen molar-refractivity contribution in [1.82, 2.24) is 0 Å². The maximum atomic E-state index is 11.0. The normalized spacial score (nSPS) is 12.1. The number of azo groups is 1. The molecule has 0 heterocycles. The van der Waals surface area contributed by atoms with Gasteiger partial charge in [-0.15, -0.1) is 5.11 Å². The van der Waals surface area contributed by atoms with Crippen LogP contribution in [-0.2, 0) is 10.1 Å². The Kier molecular flexibility index (Phi) is 4.04. The van der Waals surface area contributed by atoms with Crippen LogP contribution in [0.5, 0.6) is 5.75 Å². The highest BCUT2D eigenvalue weighted by molar-refractivity contribution is 7.85. The lowest BCUT2D eigenvalue weighted by atomic mass is 10.1. The monoisotopic (exact) mass is 341 g/mol. The van der Waals surface area contributed by atoms with Gasteiger partial charge in [0.2, 0.25) is 0 Å². The second-order valence-corrected chi connectivity index (χ2v) is 6.64. The van der Waals surface area contributed by atoms with E-state index in [1.54, 1.807) is 13.0 Å². The van der Waals surface area contributed by atoms with E-state index in [0.29, 0.717) is 16.9 Å². The van der Waals surface area contributed by atoms with Crippen LogP contribution in [0, 0.1) is 6.92 Å². The van der Waals surface area contributed by atoms with E-state index in [4.69, 9.17) is 0 Å². The first-order chi connectivity index (χ1) is 11.4. The van der Waals surface area contributed by atoms with Gasteiger partial charge in [-0.25, -0.2) is 8.42 Å². The SMILES string of the molecule is Cc1cc(S(=O)(=O)[O-])ccc1N=Nc1c(O)ccc2ccccc12. The van der Waals surface area contributed by atoms with Crippen LogP contribution >= 0.6 is 0 Å². The lowest BCUT2D eigenvalue weighted by Gasteiger charge is -2.08. The van der Waals surface area contributed by atoms with Gasteiger partial charge < -0.3 is 9.66 Å². The largest absolute Gasteiger partial charge is 0.744 e. The quantitative estimate of drug-likeness (QED) is 0.570. The predicted molar refractivity (Wildman–Crippen MR) is 88.9 cm³/mol. The van der Waals surface area contributed by atoms with Crippen LogP contribution in [0.4, 0.5) is 11.4 Å². The summed E-state index contributed by atoms with van der Waals surface area (Å²) in [5.74, 6) is -0.00569. The van der Waals surface area contributed by atoms with E-state index in [1.807, 2.05) is 24.3 Å². The average Bonchev–Trinajstić information content (AvgIpc) is 2.54. The van der Waals surface area contributed by atoms with E-state index in [1.165, 1.54) is 24.3 Å². The first-order valence-electron chi connectivity index (χ1n) is 7.05.